The van der Waals surface area contributed by atoms with Crippen molar-refractivity contribution in [2.75, 3.05) is 43.1 Å². The van der Waals surface area contributed by atoms with Gasteiger partial charge in [-0.2, -0.15) is 0 Å². The molecule has 5 nitrogen and oxygen atoms in total. The monoisotopic (exact) mass is 234 g/mol. The summed E-state index contributed by atoms with van der Waals surface area (Å²) in [6.07, 6.45) is 4.35. The van der Waals surface area contributed by atoms with Gasteiger partial charge >= 0.3 is 0 Å². The molecule has 0 aromatic carbocycles. The normalized spacial score (nSPS) is 20.4. The molecule has 0 atom stereocenters. The molecule has 1 aliphatic carbocycles. The van der Waals surface area contributed by atoms with E-state index >= 15 is 0 Å². The topological polar surface area (TPSA) is 50.3 Å². The first-order valence-corrected chi connectivity index (χ1v) is 6.30. The molecule has 0 amide bonds. The van der Waals surface area contributed by atoms with E-state index in [4.69, 9.17) is 4.74 Å². The van der Waals surface area contributed by atoms with Crippen molar-refractivity contribution in [2.45, 2.75) is 12.8 Å². The predicted octanol–water partition coefficient (Wildman–Crippen LogP) is 1.14. The first-order chi connectivity index (χ1) is 8.42. The predicted molar refractivity (Wildman–Crippen MR) is 66.3 cm³/mol. The van der Waals surface area contributed by atoms with Crippen LogP contribution in [0.5, 0.6) is 0 Å². The van der Waals surface area contributed by atoms with E-state index in [9.17, 15) is 0 Å². The third kappa shape index (κ3) is 2.85. The van der Waals surface area contributed by atoms with Crippen molar-refractivity contribution in [3.63, 3.8) is 0 Å². The van der Waals surface area contributed by atoms with Crippen LogP contribution >= 0.6 is 0 Å². The summed E-state index contributed by atoms with van der Waals surface area (Å²) in [4.78, 5) is 10.8. The molecule has 1 N–H and O–H groups in total. The summed E-state index contributed by atoms with van der Waals surface area (Å²) >= 11 is 0. The van der Waals surface area contributed by atoms with Gasteiger partial charge in [0.1, 0.15) is 18.0 Å². The van der Waals surface area contributed by atoms with Crippen molar-refractivity contribution in [3.05, 3.63) is 12.4 Å². The number of hydrogen-bond donors (Lipinski definition) is 1. The van der Waals surface area contributed by atoms with Crippen LogP contribution in [0.25, 0.3) is 0 Å². The summed E-state index contributed by atoms with van der Waals surface area (Å²) in [6, 6.07) is 2.04. The maximum absolute atomic E-state index is 5.34. The summed E-state index contributed by atoms with van der Waals surface area (Å²) in [6.45, 7) is 4.45. The number of nitrogens with one attached hydrogen (secondary N) is 1. The zero-order valence-corrected chi connectivity index (χ0v) is 9.93. The molecule has 17 heavy (non-hydrogen) atoms. The minimum Gasteiger partial charge on any atom is -0.378 e. The van der Waals surface area contributed by atoms with Crippen LogP contribution in [-0.2, 0) is 4.74 Å². The van der Waals surface area contributed by atoms with E-state index in [0.29, 0.717) is 0 Å². The van der Waals surface area contributed by atoms with Crippen LogP contribution in [0.2, 0.25) is 0 Å². The third-order valence-corrected chi connectivity index (χ3v) is 3.26. The van der Waals surface area contributed by atoms with Crippen molar-refractivity contribution >= 4 is 11.6 Å². The number of hydrogen-bond acceptors (Lipinski definition) is 5. The maximum Gasteiger partial charge on any atom is 0.134 e. The fraction of sp³-hybridized carbons (Fsp3) is 0.667. The average molecular weight is 234 g/mol. The Labute approximate surface area is 101 Å². The minimum atomic E-state index is 0.787. The summed E-state index contributed by atoms with van der Waals surface area (Å²) in [5.74, 6) is 2.80. The Hall–Kier alpha value is -1.36. The first-order valence-electron chi connectivity index (χ1n) is 6.30. The van der Waals surface area contributed by atoms with Gasteiger partial charge in [-0.15, -0.1) is 0 Å². The Morgan fingerprint density at radius 1 is 1.29 bits per heavy atom. The number of aromatic nitrogens is 2. The van der Waals surface area contributed by atoms with Gasteiger partial charge in [-0.3, -0.25) is 0 Å². The molecule has 1 aromatic heterocycles. The molecule has 2 heterocycles. The quantitative estimate of drug-likeness (QED) is 0.846. The van der Waals surface area contributed by atoms with Crippen molar-refractivity contribution in [1.82, 2.24) is 9.97 Å². The molecule has 1 saturated heterocycles. The molecular formula is C12H18N4O. The highest BCUT2D eigenvalue weighted by atomic mass is 16.5. The van der Waals surface area contributed by atoms with Gasteiger partial charge in [0.25, 0.3) is 0 Å². The lowest BCUT2D eigenvalue weighted by atomic mass is 10.4. The number of nitrogens with zero attached hydrogens (tertiary/aromatic N) is 3. The highest BCUT2D eigenvalue weighted by Gasteiger charge is 2.21. The van der Waals surface area contributed by atoms with Crippen LogP contribution in [-0.4, -0.2) is 42.8 Å². The Morgan fingerprint density at radius 3 is 2.88 bits per heavy atom. The molecule has 5 heteroatoms. The van der Waals surface area contributed by atoms with Crippen molar-refractivity contribution in [2.24, 2.45) is 5.92 Å². The smallest absolute Gasteiger partial charge is 0.134 e. The van der Waals surface area contributed by atoms with Gasteiger partial charge < -0.3 is 15.0 Å². The second kappa shape index (κ2) is 4.87. The number of rotatable bonds is 4. The maximum atomic E-state index is 5.34. The second-order valence-corrected chi connectivity index (χ2v) is 4.69. The fourth-order valence-corrected chi connectivity index (χ4v) is 1.98. The van der Waals surface area contributed by atoms with Gasteiger partial charge in [0.2, 0.25) is 0 Å². The minimum absolute atomic E-state index is 0.787. The van der Waals surface area contributed by atoms with Gasteiger partial charge in [0.05, 0.1) is 13.2 Å². The van der Waals surface area contributed by atoms with E-state index in [1.165, 1.54) is 12.8 Å². The van der Waals surface area contributed by atoms with E-state index in [1.54, 1.807) is 6.33 Å². The molecule has 0 bridgehead atoms. The zero-order chi connectivity index (χ0) is 11.5. The molecule has 92 valence electrons. The summed E-state index contributed by atoms with van der Waals surface area (Å²) < 4.78 is 5.34. The first kappa shape index (κ1) is 10.8. The Bertz CT molecular complexity index is 375. The average Bonchev–Trinajstić information content (AvgIpc) is 3.22. The van der Waals surface area contributed by atoms with Crippen LogP contribution in [0, 0.1) is 5.92 Å². The van der Waals surface area contributed by atoms with Crippen molar-refractivity contribution in [3.8, 4) is 0 Å². The molecule has 1 aliphatic heterocycles. The van der Waals surface area contributed by atoms with E-state index in [0.717, 1.165) is 50.4 Å². The van der Waals surface area contributed by atoms with Crippen LogP contribution < -0.4 is 10.2 Å². The van der Waals surface area contributed by atoms with E-state index in [-0.39, 0.29) is 0 Å². The van der Waals surface area contributed by atoms with Gasteiger partial charge in [-0.05, 0) is 18.8 Å². The highest BCUT2D eigenvalue weighted by Crippen LogP contribution is 2.28. The molecule has 1 aromatic rings. The lowest BCUT2D eigenvalue weighted by Gasteiger charge is -2.27. The van der Waals surface area contributed by atoms with E-state index in [1.807, 2.05) is 6.07 Å². The molecule has 0 spiro atoms. The van der Waals surface area contributed by atoms with Gasteiger partial charge in [-0.1, -0.05) is 0 Å². The second-order valence-electron chi connectivity index (χ2n) is 4.69. The number of anilines is 2. The van der Waals surface area contributed by atoms with E-state index in [2.05, 4.69) is 20.2 Å². The molecule has 2 aliphatic rings. The number of morpholine rings is 1. The lowest BCUT2D eigenvalue weighted by molar-refractivity contribution is 0.122. The van der Waals surface area contributed by atoms with Crippen LogP contribution in [0.1, 0.15) is 12.8 Å². The van der Waals surface area contributed by atoms with Crippen LogP contribution in [0.4, 0.5) is 11.6 Å². The summed E-state index contributed by atoms with van der Waals surface area (Å²) in [7, 11) is 0. The van der Waals surface area contributed by atoms with Gasteiger partial charge in [0, 0.05) is 25.7 Å². The zero-order valence-electron chi connectivity index (χ0n) is 9.93. The third-order valence-electron chi connectivity index (χ3n) is 3.26. The molecule has 3 rings (SSSR count). The lowest BCUT2D eigenvalue weighted by Crippen LogP contribution is -2.36. The highest BCUT2D eigenvalue weighted by molar-refractivity contribution is 5.48. The van der Waals surface area contributed by atoms with Crippen LogP contribution in [0.3, 0.4) is 0 Å². The molecule has 0 unspecified atom stereocenters. The Morgan fingerprint density at radius 2 is 2.12 bits per heavy atom. The summed E-state index contributed by atoms with van der Waals surface area (Å²) in [5, 5.41) is 3.38. The van der Waals surface area contributed by atoms with Crippen LogP contribution in [0.15, 0.2) is 12.4 Å². The van der Waals surface area contributed by atoms with Gasteiger partial charge in [-0.25, -0.2) is 9.97 Å². The molecule has 1 saturated carbocycles. The SMILES string of the molecule is c1nc(NCC2CC2)cc(N2CCOCC2)n1. The Kier molecular flexibility index (Phi) is 3.09. The number of ether oxygens (including phenoxy) is 1. The Balaban J connectivity index is 1.64. The largest absolute Gasteiger partial charge is 0.378 e. The van der Waals surface area contributed by atoms with Crippen molar-refractivity contribution in [1.29, 1.82) is 0 Å². The van der Waals surface area contributed by atoms with Gasteiger partial charge in [0.15, 0.2) is 0 Å². The standard InChI is InChI=1S/C12H18N4O/c1-2-10(1)8-13-11-7-12(15-9-14-11)16-3-5-17-6-4-16/h7,9-10H,1-6,8H2,(H,13,14,15). The molecular weight excluding hydrogens is 216 g/mol. The van der Waals surface area contributed by atoms with E-state index < -0.39 is 0 Å². The van der Waals surface area contributed by atoms with Crippen molar-refractivity contribution < 1.29 is 4.74 Å². The summed E-state index contributed by atoms with van der Waals surface area (Å²) in [5.41, 5.74) is 0. The molecule has 0 radical (unpaired) electrons. The fourth-order valence-electron chi connectivity index (χ4n) is 1.98. The molecule has 2 fully saturated rings.